The molecule has 0 saturated carbocycles. The van der Waals surface area contributed by atoms with Crippen molar-refractivity contribution in [3.63, 3.8) is 0 Å². The van der Waals surface area contributed by atoms with Crippen LogP contribution in [0.4, 0.5) is 0 Å². The number of aliphatic hydroxyl groups excluding tert-OH is 1. The van der Waals surface area contributed by atoms with Gasteiger partial charge in [0.25, 0.3) is 0 Å². The first-order valence-electron chi connectivity index (χ1n) is 5.19. The quantitative estimate of drug-likeness (QED) is 0.762. The second-order valence-corrected chi connectivity index (χ2v) is 4.61. The van der Waals surface area contributed by atoms with Gasteiger partial charge >= 0.3 is 0 Å². The van der Waals surface area contributed by atoms with Gasteiger partial charge in [0, 0.05) is 24.8 Å². The highest BCUT2D eigenvalue weighted by Crippen LogP contribution is 2.22. The third-order valence-corrected chi connectivity index (χ3v) is 3.35. The van der Waals surface area contributed by atoms with Crippen molar-refractivity contribution < 1.29 is 9.90 Å². The molecule has 0 spiro atoms. The summed E-state index contributed by atoms with van der Waals surface area (Å²) in [4.78, 5) is 13.3. The fourth-order valence-electron chi connectivity index (χ4n) is 1.94. The zero-order valence-corrected chi connectivity index (χ0v) is 10.2. The predicted octanol–water partition coefficient (Wildman–Crippen LogP) is 1.39. The second kappa shape index (κ2) is 5.71. The molecular formula is C10H18BrNO2. The maximum atomic E-state index is 11.5. The minimum absolute atomic E-state index is 0.198. The van der Waals surface area contributed by atoms with E-state index in [0.717, 1.165) is 19.4 Å². The van der Waals surface area contributed by atoms with Gasteiger partial charge in [0.1, 0.15) is 0 Å². The number of carbonyl (C=O) groups excluding carboxylic acids is 1. The van der Waals surface area contributed by atoms with Crippen molar-refractivity contribution in [1.29, 1.82) is 0 Å². The van der Waals surface area contributed by atoms with E-state index in [0.29, 0.717) is 24.2 Å². The number of likely N-dealkylation sites (tertiary alicyclic amines) is 1. The van der Waals surface area contributed by atoms with E-state index in [1.165, 1.54) is 0 Å². The van der Waals surface area contributed by atoms with Gasteiger partial charge in [-0.05, 0) is 12.3 Å². The summed E-state index contributed by atoms with van der Waals surface area (Å²) in [7, 11) is 0. The van der Waals surface area contributed by atoms with Gasteiger partial charge in [-0.1, -0.05) is 29.3 Å². The Labute approximate surface area is 93.6 Å². The normalized spacial score (nSPS) is 24.4. The molecule has 1 fully saturated rings. The first-order chi connectivity index (χ1) is 6.67. The van der Waals surface area contributed by atoms with Gasteiger partial charge in [0.15, 0.2) is 0 Å². The summed E-state index contributed by atoms with van der Waals surface area (Å²) in [6.07, 6.45) is 2.49. The van der Waals surface area contributed by atoms with Crippen LogP contribution in [0.25, 0.3) is 0 Å². The lowest BCUT2D eigenvalue weighted by Crippen LogP contribution is -2.34. The van der Waals surface area contributed by atoms with E-state index >= 15 is 0 Å². The summed E-state index contributed by atoms with van der Waals surface area (Å²) in [5.74, 6) is 0.707. The third-order valence-electron chi connectivity index (χ3n) is 2.60. The van der Waals surface area contributed by atoms with E-state index in [-0.39, 0.29) is 5.91 Å². The third kappa shape index (κ3) is 3.24. The highest BCUT2D eigenvalue weighted by molar-refractivity contribution is 9.09. The summed E-state index contributed by atoms with van der Waals surface area (Å²) < 4.78 is 0. The van der Waals surface area contributed by atoms with E-state index in [4.69, 9.17) is 0 Å². The monoisotopic (exact) mass is 263 g/mol. The first-order valence-corrected chi connectivity index (χ1v) is 6.31. The zero-order valence-electron chi connectivity index (χ0n) is 8.58. The molecule has 82 valence electrons. The Hall–Kier alpha value is -0.0900. The van der Waals surface area contributed by atoms with Crippen molar-refractivity contribution in [1.82, 2.24) is 4.90 Å². The summed E-state index contributed by atoms with van der Waals surface area (Å²) in [5.41, 5.74) is 0. The highest BCUT2D eigenvalue weighted by Gasteiger charge is 2.29. The molecular weight excluding hydrogens is 246 g/mol. The molecule has 1 amide bonds. The Morgan fingerprint density at radius 1 is 1.71 bits per heavy atom. The molecule has 0 aromatic rings. The van der Waals surface area contributed by atoms with E-state index < -0.39 is 6.10 Å². The van der Waals surface area contributed by atoms with Crippen molar-refractivity contribution >= 4 is 21.8 Å². The number of hydrogen-bond acceptors (Lipinski definition) is 2. The van der Waals surface area contributed by atoms with Crippen LogP contribution < -0.4 is 0 Å². The zero-order chi connectivity index (χ0) is 10.6. The Morgan fingerprint density at radius 3 is 3.00 bits per heavy atom. The van der Waals surface area contributed by atoms with Gasteiger partial charge in [-0.2, -0.15) is 0 Å². The molecule has 1 heterocycles. The molecule has 4 heteroatoms. The standard InChI is InChI=1S/C10H18BrNO2/c1-2-3-8-4-10(14)12(6-8)7-9(13)5-11/h8-9,13H,2-7H2,1H3. The average molecular weight is 264 g/mol. The van der Waals surface area contributed by atoms with Gasteiger partial charge in [-0.25, -0.2) is 0 Å². The molecule has 0 aliphatic carbocycles. The molecule has 1 N–H and O–H groups in total. The predicted molar refractivity (Wildman–Crippen MR) is 59.4 cm³/mol. The Bertz CT molecular complexity index is 199. The van der Waals surface area contributed by atoms with Crippen LogP contribution in [0.1, 0.15) is 26.2 Å². The van der Waals surface area contributed by atoms with E-state index in [1.54, 1.807) is 4.90 Å². The Balaban J connectivity index is 2.36. The topological polar surface area (TPSA) is 40.5 Å². The first kappa shape index (κ1) is 12.0. The Morgan fingerprint density at radius 2 is 2.43 bits per heavy atom. The summed E-state index contributed by atoms with van der Waals surface area (Å²) in [6.45, 7) is 3.45. The van der Waals surface area contributed by atoms with Crippen LogP contribution in [-0.2, 0) is 4.79 Å². The molecule has 1 aliphatic rings. The van der Waals surface area contributed by atoms with Gasteiger partial charge < -0.3 is 10.0 Å². The summed E-state index contributed by atoms with van der Waals surface area (Å²) in [5, 5.41) is 9.95. The maximum Gasteiger partial charge on any atom is 0.223 e. The summed E-state index contributed by atoms with van der Waals surface area (Å²) in [6, 6.07) is 0. The van der Waals surface area contributed by atoms with Crippen LogP contribution in [0.15, 0.2) is 0 Å². The number of carbonyl (C=O) groups is 1. The minimum Gasteiger partial charge on any atom is -0.390 e. The average Bonchev–Trinajstić information content (AvgIpc) is 2.47. The minimum atomic E-state index is -0.431. The number of alkyl halides is 1. The largest absolute Gasteiger partial charge is 0.390 e. The molecule has 1 rings (SSSR count). The lowest BCUT2D eigenvalue weighted by Gasteiger charge is -2.19. The molecule has 0 aromatic heterocycles. The number of aliphatic hydroxyl groups is 1. The number of hydrogen-bond donors (Lipinski definition) is 1. The number of β-amino-alcohol motifs (C(OH)–C–C–N with tert-alkyl or cyclic N) is 1. The van der Waals surface area contributed by atoms with Crippen LogP contribution in [0.3, 0.4) is 0 Å². The van der Waals surface area contributed by atoms with Crippen molar-refractivity contribution in [3.8, 4) is 0 Å². The number of rotatable bonds is 5. The SMILES string of the molecule is CCCC1CC(=O)N(CC(O)CBr)C1. The van der Waals surface area contributed by atoms with Crippen LogP contribution in [-0.4, -0.2) is 40.4 Å². The van der Waals surface area contributed by atoms with E-state index in [9.17, 15) is 9.90 Å². The van der Waals surface area contributed by atoms with Gasteiger partial charge in [-0.3, -0.25) is 4.79 Å². The van der Waals surface area contributed by atoms with Crippen molar-refractivity contribution in [2.24, 2.45) is 5.92 Å². The smallest absolute Gasteiger partial charge is 0.223 e. The molecule has 0 aromatic carbocycles. The molecule has 3 nitrogen and oxygen atoms in total. The van der Waals surface area contributed by atoms with Gasteiger partial charge in [0.05, 0.1) is 6.10 Å². The van der Waals surface area contributed by atoms with E-state index in [1.807, 2.05) is 0 Å². The van der Waals surface area contributed by atoms with Gasteiger partial charge in [-0.15, -0.1) is 0 Å². The van der Waals surface area contributed by atoms with Crippen LogP contribution in [0.2, 0.25) is 0 Å². The van der Waals surface area contributed by atoms with Crippen LogP contribution in [0.5, 0.6) is 0 Å². The lowest BCUT2D eigenvalue weighted by atomic mass is 10.0. The van der Waals surface area contributed by atoms with Crippen molar-refractivity contribution in [2.75, 3.05) is 18.4 Å². The molecule has 2 atom stereocenters. The fourth-order valence-corrected chi connectivity index (χ4v) is 2.14. The number of halogens is 1. The van der Waals surface area contributed by atoms with Crippen LogP contribution >= 0.6 is 15.9 Å². The molecule has 0 radical (unpaired) electrons. The molecule has 1 aliphatic heterocycles. The van der Waals surface area contributed by atoms with Crippen molar-refractivity contribution in [3.05, 3.63) is 0 Å². The second-order valence-electron chi connectivity index (χ2n) is 3.97. The number of amides is 1. The molecule has 0 bridgehead atoms. The fraction of sp³-hybridized carbons (Fsp3) is 0.900. The van der Waals surface area contributed by atoms with Crippen molar-refractivity contribution in [2.45, 2.75) is 32.3 Å². The molecule has 2 unspecified atom stereocenters. The highest BCUT2D eigenvalue weighted by atomic mass is 79.9. The molecule has 1 saturated heterocycles. The van der Waals surface area contributed by atoms with Gasteiger partial charge in [0.2, 0.25) is 5.91 Å². The summed E-state index contributed by atoms with van der Waals surface area (Å²) >= 11 is 3.20. The van der Waals surface area contributed by atoms with E-state index in [2.05, 4.69) is 22.9 Å². The Kier molecular flexibility index (Phi) is 4.89. The van der Waals surface area contributed by atoms with Crippen LogP contribution in [0, 0.1) is 5.92 Å². The lowest BCUT2D eigenvalue weighted by molar-refractivity contribution is -0.128. The molecule has 14 heavy (non-hydrogen) atoms. The maximum absolute atomic E-state index is 11.5. The number of nitrogens with zero attached hydrogens (tertiary/aromatic N) is 1.